The standard InChI is InChI=1S/C35H40FN5O2SSi/c1-24(2)31-20-18-29-32(23-41(6)33(29)34(42)38-26-17-19-30(36)25(21-26)22-37)44(43,39-31)40-45(35(3,4)5,27-13-9-7-10-14-27)28-15-11-8-12-16-28/h7-17,19,21,23-24,31H,18,20H2,1-6H3,(H,38,42)(H,39,40,43)/t31-,44?/m1/s1. The third-order valence-electron chi connectivity index (χ3n) is 8.66. The van der Waals surface area contributed by atoms with Gasteiger partial charge in [-0.1, -0.05) is 95.3 Å². The van der Waals surface area contributed by atoms with Crippen molar-refractivity contribution in [3.8, 4) is 6.07 Å². The SMILES string of the molecule is CC(C)[C@H]1CCc2c(cn(C)c2C(=O)Nc2ccc(F)c(C#N)c2)S(=O)(=N[Si](c2ccccc2)(c2ccccc2)C(C)(C)C)N1. The molecule has 4 aromatic rings. The number of nitrogens with one attached hydrogen (secondary N) is 2. The lowest BCUT2D eigenvalue weighted by atomic mass is 9.97. The number of nitrogens with zero attached hydrogens (tertiary/aromatic N) is 3. The summed E-state index contributed by atoms with van der Waals surface area (Å²) in [5.74, 6) is -0.915. The summed E-state index contributed by atoms with van der Waals surface area (Å²) in [4.78, 5) is 14.4. The molecule has 0 aliphatic carbocycles. The minimum atomic E-state index is -3.30. The Morgan fingerprint density at radius 1 is 1.09 bits per heavy atom. The molecule has 0 saturated heterocycles. The first kappa shape index (κ1) is 32.4. The Hall–Kier alpha value is -4.04. The van der Waals surface area contributed by atoms with Gasteiger partial charge >= 0.3 is 0 Å². The molecular formula is C35H40FN5O2SSi. The van der Waals surface area contributed by atoms with Crippen molar-refractivity contribution in [1.29, 1.82) is 5.26 Å². The number of fused-ring (bicyclic) bond motifs is 1. The van der Waals surface area contributed by atoms with Gasteiger partial charge in [0.1, 0.15) is 27.5 Å². The van der Waals surface area contributed by atoms with Gasteiger partial charge in [-0.2, -0.15) is 5.26 Å². The van der Waals surface area contributed by atoms with E-state index in [4.69, 9.17) is 4.03 Å². The zero-order valence-corrected chi connectivity index (χ0v) is 28.4. The Bertz CT molecular complexity index is 1850. The highest BCUT2D eigenvalue weighted by Crippen LogP contribution is 2.40. The maximum absolute atomic E-state index is 15.8. The predicted octanol–water partition coefficient (Wildman–Crippen LogP) is 6.15. The lowest BCUT2D eigenvalue weighted by Crippen LogP contribution is -2.64. The van der Waals surface area contributed by atoms with Crippen LogP contribution < -0.4 is 20.4 Å². The molecule has 10 heteroatoms. The molecular weight excluding hydrogens is 602 g/mol. The van der Waals surface area contributed by atoms with Gasteiger partial charge < -0.3 is 9.88 Å². The maximum atomic E-state index is 15.8. The molecule has 45 heavy (non-hydrogen) atoms. The molecule has 2 heterocycles. The highest BCUT2D eigenvalue weighted by Gasteiger charge is 2.51. The second-order valence-corrected chi connectivity index (χ2v) is 19.5. The molecule has 3 aromatic carbocycles. The summed E-state index contributed by atoms with van der Waals surface area (Å²) in [5.41, 5.74) is 1.19. The van der Waals surface area contributed by atoms with Gasteiger partial charge in [-0.25, -0.2) is 17.3 Å². The van der Waals surface area contributed by atoms with Gasteiger partial charge in [-0.3, -0.25) is 4.79 Å². The van der Waals surface area contributed by atoms with Gasteiger partial charge in [0.15, 0.2) is 0 Å². The van der Waals surface area contributed by atoms with Crippen molar-refractivity contribution in [1.82, 2.24) is 9.29 Å². The molecule has 234 valence electrons. The first-order valence-electron chi connectivity index (χ1n) is 15.2. The summed E-state index contributed by atoms with van der Waals surface area (Å²) < 4.78 is 40.6. The minimum Gasteiger partial charge on any atom is -0.345 e. The third-order valence-corrected chi connectivity index (χ3v) is 16.9. The van der Waals surface area contributed by atoms with E-state index in [1.807, 2.05) is 42.5 Å². The molecule has 0 spiro atoms. The van der Waals surface area contributed by atoms with Crippen LogP contribution in [0.25, 0.3) is 0 Å². The molecule has 0 radical (unpaired) electrons. The monoisotopic (exact) mass is 641 g/mol. The second-order valence-electron chi connectivity index (χ2n) is 13.0. The molecule has 7 nitrogen and oxygen atoms in total. The predicted molar refractivity (Wildman–Crippen MR) is 181 cm³/mol. The summed E-state index contributed by atoms with van der Waals surface area (Å²) in [6.07, 6.45) is 2.96. The number of benzene rings is 3. The van der Waals surface area contributed by atoms with Crippen LogP contribution in [0.1, 0.15) is 62.7 Å². The van der Waals surface area contributed by atoms with E-state index in [1.165, 1.54) is 12.1 Å². The van der Waals surface area contributed by atoms with Crippen LogP contribution in [0.2, 0.25) is 5.04 Å². The molecule has 2 atom stereocenters. The number of halogens is 1. The van der Waals surface area contributed by atoms with Crippen LogP contribution in [-0.2, 0) is 23.4 Å². The van der Waals surface area contributed by atoms with Crippen LogP contribution in [0.3, 0.4) is 0 Å². The lowest BCUT2D eigenvalue weighted by Gasteiger charge is -2.40. The number of carbonyl (C=O) groups is 1. The van der Waals surface area contributed by atoms with Crippen LogP contribution in [0.4, 0.5) is 10.1 Å². The number of carbonyl (C=O) groups excluding carboxylic acids is 1. The normalized spacial score (nSPS) is 18.5. The fourth-order valence-corrected chi connectivity index (χ4v) is 15.6. The third kappa shape index (κ3) is 6.00. The second kappa shape index (κ2) is 12.4. The summed E-state index contributed by atoms with van der Waals surface area (Å²) in [5, 5.41) is 13.8. The number of amides is 1. The fourth-order valence-electron chi connectivity index (χ4n) is 6.30. The van der Waals surface area contributed by atoms with Crippen molar-refractivity contribution < 1.29 is 13.4 Å². The van der Waals surface area contributed by atoms with E-state index in [2.05, 4.69) is 68.9 Å². The van der Waals surface area contributed by atoms with E-state index < -0.39 is 29.9 Å². The molecule has 5 rings (SSSR count). The van der Waals surface area contributed by atoms with E-state index in [0.717, 1.165) is 16.4 Å². The fraction of sp³-hybridized carbons (Fsp3) is 0.314. The summed E-state index contributed by atoms with van der Waals surface area (Å²) >= 11 is 0. The van der Waals surface area contributed by atoms with Gasteiger partial charge in [0, 0.05) is 30.5 Å². The molecule has 1 aliphatic heterocycles. The average Bonchev–Trinajstić information content (AvgIpc) is 3.28. The molecule has 0 fully saturated rings. The summed E-state index contributed by atoms with van der Waals surface area (Å²) in [6, 6.07) is 26.0. The molecule has 0 bridgehead atoms. The molecule has 1 unspecified atom stereocenters. The van der Waals surface area contributed by atoms with Gasteiger partial charge in [0.25, 0.3) is 14.1 Å². The quantitative estimate of drug-likeness (QED) is 0.247. The Labute approximate surface area is 266 Å². The highest BCUT2D eigenvalue weighted by molar-refractivity contribution is 7.92. The number of hydrogen-bond donors (Lipinski definition) is 2. The van der Waals surface area contributed by atoms with Crippen LogP contribution in [0.5, 0.6) is 0 Å². The van der Waals surface area contributed by atoms with Crippen molar-refractivity contribution in [2.24, 2.45) is 17.0 Å². The molecule has 1 aliphatic rings. The van der Waals surface area contributed by atoms with E-state index >= 15 is 4.21 Å². The zero-order valence-electron chi connectivity index (χ0n) is 26.6. The zero-order chi connectivity index (χ0) is 32.6. The molecule has 0 saturated carbocycles. The first-order chi connectivity index (χ1) is 21.3. The Kier molecular flexibility index (Phi) is 8.91. The number of anilines is 1. The van der Waals surface area contributed by atoms with Gasteiger partial charge in [-0.05, 0) is 52.4 Å². The van der Waals surface area contributed by atoms with Crippen molar-refractivity contribution in [3.05, 3.63) is 108 Å². The maximum Gasteiger partial charge on any atom is 0.272 e. The molecule has 1 amide bonds. The van der Waals surface area contributed by atoms with Gasteiger partial charge in [0.2, 0.25) is 0 Å². The molecule has 2 N–H and O–H groups in total. The van der Waals surface area contributed by atoms with Crippen LogP contribution in [-0.4, -0.2) is 29.0 Å². The lowest BCUT2D eigenvalue weighted by molar-refractivity contribution is 0.101. The van der Waals surface area contributed by atoms with Crippen molar-refractivity contribution in [3.63, 3.8) is 0 Å². The largest absolute Gasteiger partial charge is 0.345 e. The van der Waals surface area contributed by atoms with Crippen LogP contribution in [0, 0.1) is 23.1 Å². The smallest absolute Gasteiger partial charge is 0.272 e. The highest BCUT2D eigenvalue weighted by atomic mass is 32.2. The molecule has 1 aromatic heterocycles. The van der Waals surface area contributed by atoms with E-state index in [1.54, 1.807) is 17.8 Å². The van der Waals surface area contributed by atoms with E-state index in [9.17, 15) is 14.4 Å². The van der Waals surface area contributed by atoms with E-state index in [0.29, 0.717) is 34.7 Å². The number of hydrogen-bond acceptors (Lipinski definition) is 4. The van der Waals surface area contributed by atoms with Crippen LogP contribution in [0.15, 0.2) is 94.0 Å². The number of rotatable bonds is 6. The van der Waals surface area contributed by atoms with Crippen LogP contribution >= 0.6 is 0 Å². The Morgan fingerprint density at radius 3 is 2.22 bits per heavy atom. The van der Waals surface area contributed by atoms with Crippen molar-refractivity contribution in [2.45, 2.75) is 63.4 Å². The Morgan fingerprint density at radius 2 is 1.69 bits per heavy atom. The van der Waals surface area contributed by atoms with Crippen molar-refractivity contribution >= 4 is 40.1 Å². The number of aryl methyl sites for hydroxylation is 1. The Balaban J connectivity index is 1.77. The number of nitriles is 1. The summed E-state index contributed by atoms with van der Waals surface area (Å²) in [6.45, 7) is 10.7. The van der Waals surface area contributed by atoms with Gasteiger partial charge in [0.05, 0.1) is 10.5 Å². The van der Waals surface area contributed by atoms with Gasteiger partial charge in [-0.15, -0.1) is 0 Å². The minimum absolute atomic E-state index is 0.108. The number of aromatic nitrogens is 1. The average molecular weight is 642 g/mol. The first-order valence-corrected chi connectivity index (χ1v) is 18.6. The summed E-state index contributed by atoms with van der Waals surface area (Å²) in [7, 11) is -4.70. The van der Waals surface area contributed by atoms with Crippen molar-refractivity contribution in [2.75, 3.05) is 5.32 Å². The van der Waals surface area contributed by atoms with E-state index in [-0.39, 0.29) is 22.6 Å². The topological polar surface area (TPSA) is 99.3 Å².